The van der Waals surface area contributed by atoms with E-state index < -0.39 is 0 Å². The second-order valence-electron chi connectivity index (χ2n) is 3.78. The van der Waals surface area contributed by atoms with Gasteiger partial charge in [0.25, 0.3) is 0 Å². The molecule has 2 rings (SSSR count). The lowest BCUT2D eigenvalue weighted by molar-refractivity contribution is -0.113. The Morgan fingerprint density at radius 2 is 2.25 bits per heavy atom. The van der Waals surface area contributed by atoms with E-state index in [2.05, 4.69) is 12.2 Å². The first-order valence-corrected chi connectivity index (χ1v) is 5.04. The Balaban J connectivity index is 2.03. The van der Waals surface area contributed by atoms with Crippen molar-refractivity contribution in [3.8, 4) is 0 Å². The van der Waals surface area contributed by atoms with Crippen LogP contribution in [0.25, 0.3) is 0 Å². The van der Waals surface area contributed by atoms with Crippen molar-refractivity contribution in [3.63, 3.8) is 0 Å². The van der Waals surface area contributed by atoms with Gasteiger partial charge >= 0.3 is 0 Å². The number of rotatable bonds is 1. The molecule has 1 nitrogen and oxygen atoms in total. The van der Waals surface area contributed by atoms with Crippen molar-refractivity contribution < 1.29 is 4.79 Å². The molecular formula is C10H13ClO. The van der Waals surface area contributed by atoms with Crippen LogP contribution in [-0.2, 0) is 4.79 Å². The smallest absolute Gasteiger partial charge is 0.225 e. The lowest BCUT2D eigenvalue weighted by Crippen LogP contribution is -1.92. The van der Waals surface area contributed by atoms with Crippen molar-refractivity contribution >= 4 is 16.8 Å². The zero-order valence-corrected chi connectivity index (χ0v) is 7.76. The second-order valence-corrected chi connectivity index (χ2v) is 4.16. The number of hydrogen-bond donors (Lipinski definition) is 0. The van der Waals surface area contributed by atoms with Crippen LogP contribution in [0.4, 0.5) is 0 Å². The molecule has 0 N–H and O–H groups in total. The lowest BCUT2D eigenvalue weighted by Gasteiger charge is -1.99. The zero-order valence-electron chi connectivity index (χ0n) is 7.00. The molecule has 0 heterocycles. The minimum absolute atomic E-state index is 0.128. The molecule has 0 spiro atoms. The molecule has 0 aromatic heterocycles. The summed E-state index contributed by atoms with van der Waals surface area (Å²) in [6, 6.07) is 0. The van der Waals surface area contributed by atoms with Crippen LogP contribution in [0.3, 0.4) is 0 Å². The molecule has 0 aromatic rings. The van der Waals surface area contributed by atoms with Crippen LogP contribution in [0.5, 0.6) is 0 Å². The van der Waals surface area contributed by atoms with Crippen LogP contribution in [0.1, 0.15) is 25.7 Å². The van der Waals surface area contributed by atoms with Crippen molar-refractivity contribution in [1.82, 2.24) is 0 Å². The fourth-order valence-corrected chi connectivity index (χ4v) is 2.56. The second kappa shape index (κ2) is 3.21. The first kappa shape index (κ1) is 8.31. The Hall–Kier alpha value is -0.300. The fourth-order valence-electron chi connectivity index (χ4n) is 2.25. The molecule has 1 fully saturated rings. The summed E-state index contributed by atoms with van der Waals surface area (Å²) in [6.45, 7) is 0. The van der Waals surface area contributed by atoms with Crippen molar-refractivity contribution in [3.05, 3.63) is 12.2 Å². The molecular weight excluding hydrogens is 172 g/mol. The monoisotopic (exact) mass is 184 g/mol. The van der Waals surface area contributed by atoms with E-state index in [-0.39, 0.29) is 11.2 Å². The summed E-state index contributed by atoms with van der Waals surface area (Å²) < 4.78 is 0. The highest BCUT2D eigenvalue weighted by atomic mass is 35.5. The van der Waals surface area contributed by atoms with Crippen LogP contribution in [0, 0.1) is 17.8 Å². The summed E-state index contributed by atoms with van der Waals surface area (Å²) in [5.41, 5.74) is 0. The fraction of sp³-hybridized carbons (Fsp3) is 0.700. The third kappa shape index (κ3) is 1.42. The molecule has 2 aliphatic carbocycles. The average Bonchev–Trinajstić information content (AvgIpc) is 2.60. The molecule has 0 aliphatic heterocycles. The largest absolute Gasteiger partial charge is 0.281 e. The van der Waals surface area contributed by atoms with Crippen molar-refractivity contribution in [2.45, 2.75) is 25.7 Å². The van der Waals surface area contributed by atoms with Gasteiger partial charge in [0.1, 0.15) is 0 Å². The standard InChI is InChI=1S/C10H13ClO/c11-10(12)9-7-5-3-1-2-4-6-8(7)9/h3,5,7-9H,1-2,4,6H2. The van der Waals surface area contributed by atoms with Crippen molar-refractivity contribution in [2.24, 2.45) is 17.8 Å². The minimum atomic E-state index is -0.128. The molecule has 66 valence electrons. The molecule has 2 aliphatic rings. The summed E-state index contributed by atoms with van der Waals surface area (Å²) in [4.78, 5) is 10.9. The SMILES string of the molecule is O=C(Cl)C1C2C=CCCCCC21. The molecule has 12 heavy (non-hydrogen) atoms. The van der Waals surface area contributed by atoms with E-state index in [1.165, 1.54) is 25.7 Å². The van der Waals surface area contributed by atoms with Gasteiger partial charge in [0.05, 0.1) is 0 Å². The van der Waals surface area contributed by atoms with Crippen LogP contribution in [-0.4, -0.2) is 5.24 Å². The summed E-state index contributed by atoms with van der Waals surface area (Å²) in [5.74, 6) is 1.21. The quantitative estimate of drug-likeness (QED) is 0.453. The molecule has 2 heteroatoms. The van der Waals surface area contributed by atoms with Gasteiger partial charge in [-0.3, -0.25) is 4.79 Å². The van der Waals surface area contributed by atoms with Crippen LogP contribution in [0.2, 0.25) is 0 Å². The van der Waals surface area contributed by atoms with E-state index >= 15 is 0 Å². The molecule has 0 aromatic carbocycles. The number of hydrogen-bond acceptors (Lipinski definition) is 1. The van der Waals surface area contributed by atoms with Gasteiger partial charge in [-0.25, -0.2) is 0 Å². The van der Waals surface area contributed by atoms with Gasteiger partial charge in [-0.05, 0) is 42.7 Å². The summed E-state index contributed by atoms with van der Waals surface area (Å²) in [5, 5.41) is -0.128. The zero-order chi connectivity index (χ0) is 8.55. The highest BCUT2D eigenvalue weighted by Crippen LogP contribution is 2.52. The topological polar surface area (TPSA) is 17.1 Å². The molecule has 3 unspecified atom stereocenters. The van der Waals surface area contributed by atoms with Gasteiger partial charge in [0.2, 0.25) is 5.24 Å². The Kier molecular flexibility index (Phi) is 2.22. The Bertz CT molecular complexity index is 222. The molecule has 1 saturated carbocycles. The average molecular weight is 185 g/mol. The van der Waals surface area contributed by atoms with E-state index in [1.807, 2.05) is 0 Å². The van der Waals surface area contributed by atoms with Gasteiger partial charge in [0, 0.05) is 5.92 Å². The molecule has 0 amide bonds. The first-order chi connectivity index (χ1) is 5.80. The van der Waals surface area contributed by atoms with Gasteiger partial charge in [0.15, 0.2) is 0 Å². The number of allylic oxidation sites excluding steroid dienone is 2. The van der Waals surface area contributed by atoms with E-state index in [9.17, 15) is 4.79 Å². The van der Waals surface area contributed by atoms with E-state index in [0.29, 0.717) is 11.8 Å². The normalized spacial score (nSPS) is 39.6. The molecule has 0 bridgehead atoms. The van der Waals surface area contributed by atoms with E-state index in [0.717, 1.165) is 0 Å². The maximum absolute atomic E-state index is 10.9. The number of carbonyl (C=O) groups is 1. The lowest BCUT2D eigenvalue weighted by atomic mass is 10.1. The summed E-state index contributed by atoms with van der Waals surface area (Å²) in [6.07, 6.45) is 9.28. The van der Waals surface area contributed by atoms with Gasteiger partial charge in [-0.1, -0.05) is 18.6 Å². The van der Waals surface area contributed by atoms with Crippen molar-refractivity contribution in [1.29, 1.82) is 0 Å². The summed E-state index contributed by atoms with van der Waals surface area (Å²) >= 11 is 5.48. The van der Waals surface area contributed by atoms with Crippen molar-refractivity contribution in [2.75, 3.05) is 0 Å². The maximum atomic E-state index is 10.9. The summed E-state index contributed by atoms with van der Waals surface area (Å²) in [7, 11) is 0. The minimum Gasteiger partial charge on any atom is -0.281 e. The Morgan fingerprint density at radius 3 is 3.00 bits per heavy atom. The number of halogens is 1. The van der Waals surface area contributed by atoms with Crippen LogP contribution in [0.15, 0.2) is 12.2 Å². The van der Waals surface area contributed by atoms with Gasteiger partial charge in [-0.15, -0.1) is 0 Å². The number of carbonyl (C=O) groups excluding carboxylic acids is 1. The Morgan fingerprint density at radius 1 is 1.42 bits per heavy atom. The predicted molar refractivity (Wildman–Crippen MR) is 48.9 cm³/mol. The number of fused-ring (bicyclic) bond motifs is 1. The molecule has 0 radical (unpaired) electrons. The third-order valence-electron chi connectivity index (χ3n) is 3.01. The highest BCUT2D eigenvalue weighted by molar-refractivity contribution is 6.64. The third-order valence-corrected chi connectivity index (χ3v) is 3.26. The Labute approximate surface area is 77.8 Å². The van der Waals surface area contributed by atoms with Gasteiger partial charge < -0.3 is 0 Å². The van der Waals surface area contributed by atoms with Gasteiger partial charge in [-0.2, -0.15) is 0 Å². The molecule has 0 saturated heterocycles. The maximum Gasteiger partial charge on any atom is 0.225 e. The predicted octanol–water partition coefficient (Wildman–Crippen LogP) is 2.74. The van der Waals surface area contributed by atoms with Crippen LogP contribution < -0.4 is 0 Å². The van der Waals surface area contributed by atoms with E-state index in [4.69, 9.17) is 11.6 Å². The van der Waals surface area contributed by atoms with Crippen LogP contribution >= 0.6 is 11.6 Å². The highest BCUT2D eigenvalue weighted by Gasteiger charge is 2.51. The van der Waals surface area contributed by atoms with E-state index in [1.54, 1.807) is 0 Å². The first-order valence-electron chi connectivity index (χ1n) is 4.66. The molecule has 3 atom stereocenters.